The molecule has 2 nitrogen and oxygen atoms in total. The van der Waals surface area contributed by atoms with Gasteiger partial charge in [-0.05, 0) is 41.1 Å². The van der Waals surface area contributed by atoms with Gasteiger partial charge in [0, 0.05) is 12.4 Å². The molecule has 2 rings (SSSR count). The van der Waals surface area contributed by atoms with E-state index in [0.29, 0.717) is 0 Å². The molecule has 2 aromatic rings. The summed E-state index contributed by atoms with van der Waals surface area (Å²) in [5, 5.41) is 3.61. The maximum absolute atomic E-state index is 4.36. The Hall–Kier alpha value is -1.67. The van der Waals surface area contributed by atoms with E-state index in [-0.39, 0.29) is 11.5 Å². The highest BCUT2D eigenvalue weighted by molar-refractivity contribution is 5.40. The number of nitrogens with one attached hydrogen (secondary N) is 1. The van der Waals surface area contributed by atoms with E-state index in [9.17, 15) is 0 Å². The summed E-state index contributed by atoms with van der Waals surface area (Å²) in [6.07, 6.45) is 3.88. The van der Waals surface area contributed by atoms with Crippen LogP contribution in [-0.4, -0.2) is 11.5 Å². The predicted octanol–water partition coefficient (Wildman–Crippen LogP) is 4.39. The Morgan fingerprint density at radius 2 is 1.86 bits per heavy atom. The molecule has 1 atom stereocenters. The smallest absolute Gasteiger partial charge is 0.0594 e. The van der Waals surface area contributed by atoms with E-state index in [4.69, 9.17) is 0 Å². The van der Waals surface area contributed by atoms with Gasteiger partial charge in [-0.3, -0.25) is 4.98 Å². The molecule has 2 heteroatoms. The van der Waals surface area contributed by atoms with Crippen LogP contribution in [0.5, 0.6) is 0 Å². The van der Waals surface area contributed by atoms with Crippen molar-refractivity contribution in [2.45, 2.75) is 46.1 Å². The average Bonchev–Trinajstić information content (AvgIpc) is 2.44. The number of hydrogen-bond acceptors (Lipinski definition) is 2. The normalized spacial score (nSPS) is 13.2. The second-order valence-electron chi connectivity index (χ2n) is 6.62. The molecular formula is C19H26N2. The Morgan fingerprint density at radius 1 is 1.14 bits per heavy atom. The largest absolute Gasteiger partial charge is 0.306 e. The standard InChI is InChI=1S/C19H26N2/c1-6-21-18(15-11-14(2)12-20-13-15)16-9-7-8-10-17(16)19(3,4)5/h7-13,18,21H,6H2,1-5H3. The highest BCUT2D eigenvalue weighted by atomic mass is 14.9. The van der Waals surface area contributed by atoms with Gasteiger partial charge in [0.1, 0.15) is 0 Å². The van der Waals surface area contributed by atoms with Crippen LogP contribution in [0.1, 0.15) is 56.0 Å². The summed E-state index contributed by atoms with van der Waals surface area (Å²) in [6, 6.07) is 11.1. The summed E-state index contributed by atoms with van der Waals surface area (Å²) < 4.78 is 0. The Morgan fingerprint density at radius 3 is 2.48 bits per heavy atom. The lowest BCUT2D eigenvalue weighted by molar-refractivity contribution is 0.556. The van der Waals surface area contributed by atoms with Crippen LogP contribution in [0, 0.1) is 6.92 Å². The van der Waals surface area contributed by atoms with Crippen molar-refractivity contribution in [2.24, 2.45) is 0 Å². The van der Waals surface area contributed by atoms with Crippen molar-refractivity contribution in [1.82, 2.24) is 10.3 Å². The van der Waals surface area contributed by atoms with Crippen molar-refractivity contribution in [3.8, 4) is 0 Å². The molecule has 21 heavy (non-hydrogen) atoms. The quantitative estimate of drug-likeness (QED) is 0.899. The van der Waals surface area contributed by atoms with Crippen molar-refractivity contribution in [3.05, 3.63) is 65.0 Å². The summed E-state index contributed by atoms with van der Waals surface area (Å²) >= 11 is 0. The van der Waals surface area contributed by atoms with Gasteiger partial charge in [-0.15, -0.1) is 0 Å². The molecule has 0 radical (unpaired) electrons. The van der Waals surface area contributed by atoms with E-state index in [1.54, 1.807) is 0 Å². The maximum atomic E-state index is 4.36. The molecular weight excluding hydrogens is 256 g/mol. The average molecular weight is 282 g/mol. The number of benzene rings is 1. The molecule has 0 aliphatic carbocycles. The molecule has 0 aliphatic heterocycles. The van der Waals surface area contributed by atoms with Gasteiger partial charge in [0.25, 0.3) is 0 Å². The highest BCUT2D eigenvalue weighted by Crippen LogP contribution is 2.32. The third-order valence-electron chi connectivity index (χ3n) is 3.72. The molecule has 1 heterocycles. The monoisotopic (exact) mass is 282 g/mol. The summed E-state index contributed by atoms with van der Waals surface area (Å²) in [6.45, 7) is 12.0. The van der Waals surface area contributed by atoms with E-state index in [0.717, 1.165) is 6.54 Å². The second-order valence-corrected chi connectivity index (χ2v) is 6.62. The summed E-state index contributed by atoms with van der Waals surface area (Å²) in [5.74, 6) is 0. The minimum absolute atomic E-state index is 0.127. The number of nitrogens with zero attached hydrogens (tertiary/aromatic N) is 1. The minimum atomic E-state index is 0.127. The van der Waals surface area contributed by atoms with E-state index in [1.165, 1.54) is 22.3 Å². The van der Waals surface area contributed by atoms with Crippen molar-refractivity contribution in [1.29, 1.82) is 0 Å². The van der Waals surface area contributed by atoms with Gasteiger partial charge in [0.15, 0.2) is 0 Å². The van der Waals surface area contributed by atoms with Gasteiger partial charge in [0.2, 0.25) is 0 Å². The Labute approximate surface area is 128 Å². The van der Waals surface area contributed by atoms with Gasteiger partial charge in [0.05, 0.1) is 6.04 Å². The molecule has 0 aliphatic rings. The molecule has 0 spiro atoms. The summed E-state index contributed by atoms with van der Waals surface area (Å²) in [7, 11) is 0. The second kappa shape index (κ2) is 6.40. The molecule has 1 aromatic heterocycles. The van der Waals surface area contributed by atoms with E-state index in [2.05, 4.69) is 75.3 Å². The molecule has 0 saturated carbocycles. The fourth-order valence-electron chi connectivity index (χ4n) is 2.78. The third kappa shape index (κ3) is 3.70. The first-order chi connectivity index (χ1) is 9.93. The van der Waals surface area contributed by atoms with Crippen LogP contribution in [0.2, 0.25) is 0 Å². The van der Waals surface area contributed by atoms with Crippen LogP contribution in [0.25, 0.3) is 0 Å². The Bertz CT molecular complexity index is 597. The van der Waals surface area contributed by atoms with Crippen LogP contribution in [0.15, 0.2) is 42.7 Å². The Kier molecular flexibility index (Phi) is 4.79. The molecule has 0 bridgehead atoms. The fourth-order valence-corrected chi connectivity index (χ4v) is 2.78. The maximum Gasteiger partial charge on any atom is 0.0594 e. The number of pyridine rings is 1. The van der Waals surface area contributed by atoms with Gasteiger partial charge in [-0.25, -0.2) is 0 Å². The van der Waals surface area contributed by atoms with Gasteiger partial charge in [-0.1, -0.05) is 58.0 Å². The van der Waals surface area contributed by atoms with E-state index in [1.807, 2.05) is 12.4 Å². The van der Waals surface area contributed by atoms with Crippen molar-refractivity contribution < 1.29 is 0 Å². The minimum Gasteiger partial charge on any atom is -0.306 e. The lowest BCUT2D eigenvalue weighted by Gasteiger charge is -2.28. The van der Waals surface area contributed by atoms with Gasteiger partial charge >= 0.3 is 0 Å². The van der Waals surface area contributed by atoms with Crippen LogP contribution < -0.4 is 5.32 Å². The van der Waals surface area contributed by atoms with Crippen LogP contribution in [0.3, 0.4) is 0 Å². The first kappa shape index (κ1) is 15.7. The highest BCUT2D eigenvalue weighted by Gasteiger charge is 2.23. The Balaban J connectivity index is 2.54. The van der Waals surface area contributed by atoms with E-state index < -0.39 is 0 Å². The van der Waals surface area contributed by atoms with Gasteiger partial charge in [-0.2, -0.15) is 0 Å². The first-order valence-electron chi connectivity index (χ1n) is 7.68. The first-order valence-corrected chi connectivity index (χ1v) is 7.68. The van der Waals surface area contributed by atoms with Crippen molar-refractivity contribution >= 4 is 0 Å². The van der Waals surface area contributed by atoms with Crippen molar-refractivity contribution in [2.75, 3.05) is 6.54 Å². The predicted molar refractivity (Wildman–Crippen MR) is 89.6 cm³/mol. The summed E-state index contributed by atoms with van der Waals surface area (Å²) in [5.41, 5.74) is 5.29. The zero-order valence-electron chi connectivity index (χ0n) is 13.8. The number of hydrogen-bond donors (Lipinski definition) is 1. The SMILES string of the molecule is CCNC(c1cncc(C)c1)c1ccccc1C(C)(C)C. The molecule has 1 aromatic carbocycles. The molecule has 0 fully saturated rings. The number of rotatable bonds is 4. The number of aryl methyl sites for hydroxylation is 1. The van der Waals surface area contributed by atoms with Crippen LogP contribution in [0.4, 0.5) is 0 Å². The van der Waals surface area contributed by atoms with E-state index >= 15 is 0 Å². The molecule has 112 valence electrons. The van der Waals surface area contributed by atoms with Crippen LogP contribution in [-0.2, 0) is 5.41 Å². The molecule has 1 unspecified atom stereocenters. The molecule has 1 N–H and O–H groups in total. The third-order valence-corrected chi connectivity index (χ3v) is 3.72. The van der Waals surface area contributed by atoms with Crippen molar-refractivity contribution in [3.63, 3.8) is 0 Å². The lowest BCUT2D eigenvalue weighted by atomic mass is 9.80. The lowest BCUT2D eigenvalue weighted by Crippen LogP contribution is -2.26. The topological polar surface area (TPSA) is 24.9 Å². The fraction of sp³-hybridized carbons (Fsp3) is 0.421. The number of aromatic nitrogens is 1. The zero-order valence-corrected chi connectivity index (χ0v) is 13.8. The zero-order chi connectivity index (χ0) is 15.5. The van der Waals surface area contributed by atoms with Crippen LogP contribution >= 0.6 is 0 Å². The van der Waals surface area contributed by atoms with Gasteiger partial charge < -0.3 is 5.32 Å². The summed E-state index contributed by atoms with van der Waals surface area (Å²) in [4.78, 5) is 4.36. The molecule has 0 amide bonds. The molecule has 0 saturated heterocycles.